The second-order valence-electron chi connectivity index (χ2n) is 9.44. The van der Waals surface area contributed by atoms with Crippen LogP contribution < -0.4 is 10.6 Å². The molecule has 172 valence electrons. The first-order valence-electron chi connectivity index (χ1n) is 11.3. The van der Waals surface area contributed by atoms with Crippen LogP contribution in [0.3, 0.4) is 0 Å². The number of nitrogens with zero attached hydrogens (tertiary/aromatic N) is 2. The minimum absolute atomic E-state index is 0. The summed E-state index contributed by atoms with van der Waals surface area (Å²) < 4.78 is 11.2. The van der Waals surface area contributed by atoms with Gasteiger partial charge in [0.15, 0.2) is 5.96 Å². The molecule has 7 heteroatoms. The fraction of sp³-hybridized carbons (Fsp3) is 0.955. The number of ether oxygens (including phenoxy) is 2. The summed E-state index contributed by atoms with van der Waals surface area (Å²) in [5, 5.41) is 6.83. The molecule has 0 aromatic heterocycles. The molecule has 29 heavy (non-hydrogen) atoms. The lowest BCUT2D eigenvalue weighted by Gasteiger charge is -2.44. The van der Waals surface area contributed by atoms with Gasteiger partial charge in [0, 0.05) is 50.8 Å². The third-order valence-electron chi connectivity index (χ3n) is 5.83. The maximum absolute atomic E-state index is 5.79. The van der Waals surface area contributed by atoms with Crippen LogP contribution >= 0.6 is 24.0 Å². The van der Waals surface area contributed by atoms with E-state index in [4.69, 9.17) is 14.5 Å². The van der Waals surface area contributed by atoms with Gasteiger partial charge in [-0.1, -0.05) is 13.8 Å². The van der Waals surface area contributed by atoms with Gasteiger partial charge in [0.2, 0.25) is 0 Å². The van der Waals surface area contributed by atoms with Crippen molar-refractivity contribution in [1.29, 1.82) is 0 Å². The molecule has 3 atom stereocenters. The van der Waals surface area contributed by atoms with Crippen LogP contribution in [-0.4, -0.2) is 75.5 Å². The molecule has 6 nitrogen and oxygen atoms in total. The molecule has 2 N–H and O–H groups in total. The van der Waals surface area contributed by atoms with E-state index in [-0.39, 0.29) is 29.5 Å². The van der Waals surface area contributed by atoms with Crippen LogP contribution in [0, 0.1) is 17.8 Å². The lowest BCUT2D eigenvalue weighted by atomic mass is 9.88. The van der Waals surface area contributed by atoms with E-state index in [9.17, 15) is 0 Å². The lowest BCUT2D eigenvalue weighted by Crippen LogP contribution is -2.53. The molecule has 2 fully saturated rings. The van der Waals surface area contributed by atoms with Gasteiger partial charge in [-0.05, 0) is 51.9 Å². The van der Waals surface area contributed by atoms with Crippen molar-refractivity contribution in [3.05, 3.63) is 0 Å². The summed E-state index contributed by atoms with van der Waals surface area (Å²) in [7, 11) is 0. The van der Waals surface area contributed by atoms with Crippen LogP contribution in [-0.2, 0) is 9.47 Å². The number of guanidine groups is 1. The van der Waals surface area contributed by atoms with E-state index in [1.54, 1.807) is 0 Å². The largest absolute Gasteiger partial charge is 0.381 e. The molecule has 0 aromatic rings. The Morgan fingerprint density at radius 2 is 1.93 bits per heavy atom. The predicted molar refractivity (Wildman–Crippen MR) is 132 cm³/mol. The molecule has 0 amide bonds. The highest BCUT2D eigenvalue weighted by Gasteiger charge is 2.32. The molecule has 0 aliphatic carbocycles. The smallest absolute Gasteiger partial charge is 0.191 e. The zero-order valence-electron chi connectivity index (χ0n) is 19.3. The quantitative estimate of drug-likeness (QED) is 0.199. The fourth-order valence-electron chi connectivity index (χ4n) is 4.22. The van der Waals surface area contributed by atoms with Crippen molar-refractivity contribution in [2.45, 2.75) is 59.4 Å². The highest BCUT2D eigenvalue weighted by Crippen LogP contribution is 2.27. The Bertz CT molecular complexity index is 460. The monoisotopic (exact) mass is 524 g/mol. The zero-order chi connectivity index (χ0) is 20.4. The number of hydrogen-bond acceptors (Lipinski definition) is 4. The van der Waals surface area contributed by atoms with Crippen molar-refractivity contribution in [2.75, 3.05) is 59.2 Å². The molecule has 2 saturated heterocycles. The number of nitrogens with one attached hydrogen (secondary N) is 2. The average Bonchev–Trinajstić information content (AvgIpc) is 3.15. The van der Waals surface area contributed by atoms with Gasteiger partial charge in [-0.3, -0.25) is 9.89 Å². The van der Waals surface area contributed by atoms with E-state index in [1.165, 1.54) is 19.5 Å². The highest BCUT2D eigenvalue weighted by atomic mass is 127. The Kier molecular flexibility index (Phi) is 13.0. The second-order valence-corrected chi connectivity index (χ2v) is 9.44. The van der Waals surface area contributed by atoms with Crippen molar-refractivity contribution < 1.29 is 9.47 Å². The van der Waals surface area contributed by atoms with E-state index in [1.807, 2.05) is 0 Å². The standard InChI is InChI=1S/C22H44N4O2.HI/c1-6-23-21(24-9-7-10-27-15-20-8-11-28-16-20)25-17-22(4,5)26-13-18(2)12-19(3)14-26;/h18-20H,6-17H2,1-5H3,(H2,23,24,25);1H. The highest BCUT2D eigenvalue weighted by molar-refractivity contribution is 14.0. The van der Waals surface area contributed by atoms with Gasteiger partial charge in [-0.15, -0.1) is 24.0 Å². The van der Waals surface area contributed by atoms with Gasteiger partial charge in [-0.2, -0.15) is 0 Å². The number of rotatable bonds is 10. The fourth-order valence-corrected chi connectivity index (χ4v) is 4.22. The summed E-state index contributed by atoms with van der Waals surface area (Å²) in [5.41, 5.74) is 0.0811. The first-order valence-corrected chi connectivity index (χ1v) is 11.3. The summed E-state index contributed by atoms with van der Waals surface area (Å²) in [6, 6.07) is 0. The van der Waals surface area contributed by atoms with Crippen molar-refractivity contribution in [2.24, 2.45) is 22.7 Å². The average molecular weight is 525 g/mol. The molecule has 2 rings (SSSR count). The van der Waals surface area contributed by atoms with Crippen molar-refractivity contribution >= 4 is 29.9 Å². The molecule has 2 heterocycles. The first-order chi connectivity index (χ1) is 13.4. The van der Waals surface area contributed by atoms with E-state index in [2.05, 4.69) is 50.2 Å². The van der Waals surface area contributed by atoms with Crippen LogP contribution in [0.1, 0.15) is 53.9 Å². The predicted octanol–water partition coefficient (Wildman–Crippen LogP) is 3.36. The summed E-state index contributed by atoms with van der Waals surface area (Å²) in [6.07, 6.45) is 3.47. The molecule has 2 aliphatic rings. The van der Waals surface area contributed by atoms with Gasteiger partial charge >= 0.3 is 0 Å². The Morgan fingerprint density at radius 1 is 1.21 bits per heavy atom. The third kappa shape index (κ3) is 10.2. The Labute approximate surface area is 196 Å². The van der Waals surface area contributed by atoms with Gasteiger partial charge < -0.3 is 20.1 Å². The van der Waals surface area contributed by atoms with Gasteiger partial charge in [-0.25, -0.2) is 0 Å². The van der Waals surface area contributed by atoms with Gasteiger partial charge in [0.05, 0.1) is 19.8 Å². The van der Waals surface area contributed by atoms with Crippen LogP contribution in [0.4, 0.5) is 0 Å². The number of hydrogen-bond donors (Lipinski definition) is 2. The molecule has 0 aromatic carbocycles. The van der Waals surface area contributed by atoms with E-state index in [0.29, 0.717) is 5.92 Å². The topological polar surface area (TPSA) is 58.1 Å². The SMILES string of the molecule is CCNC(=NCC(C)(C)N1CC(C)CC(C)C1)NCCCOCC1CCOC1.I. The Hall–Kier alpha value is -0.120. The van der Waals surface area contributed by atoms with Gasteiger partial charge in [0.1, 0.15) is 0 Å². The maximum atomic E-state index is 5.79. The summed E-state index contributed by atoms with van der Waals surface area (Å²) in [4.78, 5) is 7.51. The molecule has 0 saturated carbocycles. The van der Waals surface area contributed by atoms with Crippen LogP contribution in [0.15, 0.2) is 4.99 Å². The molecule has 0 radical (unpaired) electrons. The molecule has 3 unspecified atom stereocenters. The molecule has 2 aliphatic heterocycles. The summed E-state index contributed by atoms with van der Waals surface area (Å²) >= 11 is 0. The van der Waals surface area contributed by atoms with Crippen LogP contribution in [0.2, 0.25) is 0 Å². The Morgan fingerprint density at radius 3 is 2.55 bits per heavy atom. The van der Waals surface area contributed by atoms with Crippen molar-refractivity contribution in [3.8, 4) is 0 Å². The van der Waals surface area contributed by atoms with E-state index >= 15 is 0 Å². The first kappa shape index (κ1) is 26.9. The third-order valence-corrected chi connectivity index (χ3v) is 5.83. The van der Waals surface area contributed by atoms with Crippen molar-refractivity contribution in [1.82, 2.24) is 15.5 Å². The normalized spacial score (nSPS) is 26.2. The van der Waals surface area contributed by atoms with E-state index in [0.717, 1.165) is 76.7 Å². The van der Waals surface area contributed by atoms with Crippen molar-refractivity contribution in [3.63, 3.8) is 0 Å². The van der Waals surface area contributed by atoms with Gasteiger partial charge in [0.25, 0.3) is 0 Å². The number of halogens is 1. The molecular formula is C22H45IN4O2. The number of piperidine rings is 1. The lowest BCUT2D eigenvalue weighted by molar-refractivity contribution is 0.0512. The number of likely N-dealkylation sites (tertiary alicyclic amines) is 1. The minimum atomic E-state index is 0. The minimum Gasteiger partial charge on any atom is -0.381 e. The van der Waals surface area contributed by atoms with Crippen LogP contribution in [0.5, 0.6) is 0 Å². The molecule has 0 bridgehead atoms. The van der Waals surface area contributed by atoms with Crippen LogP contribution in [0.25, 0.3) is 0 Å². The Balaban J connectivity index is 0.00000420. The number of aliphatic imine (C=N–C) groups is 1. The van der Waals surface area contributed by atoms with E-state index < -0.39 is 0 Å². The molecule has 0 spiro atoms. The second kappa shape index (κ2) is 14.0. The summed E-state index contributed by atoms with van der Waals surface area (Å²) in [5.74, 6) is 3.05. The maximum Gasteiger partial charge on any atom is 0.191 e. The summed E-state index contributed by atoms with van der Waals surface area (Å²) in [6.45, 7) is 19.8. The zero-order valence-corrected chi connectivity index (χ0v) is 21.7. The molecular weight excluding hydrogens is 479 g/mol.